The van der Waals surface area contributed by atoms with Crippen molar-refractivity contribution in [2.75, 3.05) is 5.32 Å². The molecule has 0 saturated heterocycles. The van der Waals surface area contributed by atoms with E-state index in [2.05, 4.69) is 5.32 Å². The minimum absolute atomic E-state index is 0.168. The predicted molar refractivity (Wildman–Crippen MR) is 81.1 cm³/mol. The van der Waals surface area contributed by atoms with E-state index in [1.54, 1.807) is 0 Å². The Labute approximate surface area is 126 Å². The molecule has 2 aromatic carbocycles. The Bertz CT molecular complexity index is 674. The molecule has 0 heterocycles. The Morgan fingerprint density at radius 2 is 1.91 bits per heavy atom. The zero-order valence-electron chi connectivity index (χ0n) is 11.8. The van der Waals surface area contributed by atoms with Crippen molar-refractivity contribution in [2.45, 2.75) is 19.3 Å². The molecule has 0 radical (unpaired) electrons. The van der Waals surface area contributed by atoms with Gasteiger partial charge in [0, 0.05) is 18.6 Å². The van der Waals surface area contributed by atoms with Crippen molar-refractivity contribution in [1.82, 2.24) is 0 Å². The number of nitrogens with zero attached hydrogens (tertiary/aromatic N) is 1. The number of benzene rings is 2. The molecule has 0 aromatic heterocycles. The molecule has 0 aliphatic heterocycles. The number of non-ortho nitro benzene ring substituents is 1. The number of rotatable bonds is 6. The molecule has 5 nitrogen and oxygen atoms in total. The van der Waals surface area contributed by atoms with Gasteiger partial charge in [0.2, 0.25) is 5.91 Å². The molecule has 0 saturated carbocycles. The summed E-state index contributed by atoms with van der Waals surface area (Å²) < 4.78 is 13.5. The van der Waals surface area contributed by atoms with Crippen LogP contribution >= 0.6 is 0 Å². The van der Waals surface area contributed by atoms with Gasteiger partial charge in [-0.1, -0.05) is 30.3 Å². The van der Waals surface area contributed by atoms with Crippen LogP contribution in [0.2, 0.25) is 0 Å². The molecule has 1 amide bonds. The molecule has 1 N–H and O–H groups in total. The minimum atomic E-state index is -0.693. The highest BCUT2D eigenvalue weighted by atomic mass is 19.1. The molecule has 22 heavy (non-hydrogen) atoms. The van der Waals surface area contributed by atoms with Crippen LogP contribution in [0.3, 0.4) is 0 Å². The summed E-state index contributed by atoms with van der Waals surface area (Å²) in [6.45, 7) is 0. The van der Waals surface area contributed by atoms with Crippen LogP contribution in [0, 0.1) is 15.9 Å². The molecule has 6 heteroatoms. The third-order valence-corrected chi connectivity index (χ3v) is 3.15. The molecule has 0 bridgehead atoms. The fraction of sp³-hybridized carbons (Fsp3) is 0.188. The maximum absolute atomic E-state index is 13.5. The van der Waals surface area contributed by atoms with E-state index in [0.717, 1.165) is 30.2 Å². The summed E-state index contributed by atoms with van der Waals surface area (Å²) in [5.74, 6) is -1.06. The average molecular weight is 302 g/mol. The van der Waals surface area contributed by atoms with Crippen molar-refractivity contribution in [3.05, 3.63) is 70.0 Å². The Kier molecular flexibility index (Phi) is 5.19. The van der Waals surface area contributed by atoms with E-state index in [1.807, 2.05) is 30.3 Å². The Hall–Kier alpha value is -2.76. The number of nitro groups is 1. The quantitative estimate of drug-likeness (QED) is 0.653. The van der Waals surface area contributed by atoms with Crippen LogP contribution in [0.1, 0.15) is 18.4 Å². The first-order valence-electron chi connectivity index (χ1n) is 6.84. The van der Waals surface area contributed by atoms with Gasteiger partial charge in [0.15, 0.2) is 0 Å². The SMILES string of the molecule is O=C(CCCc1ccccc1)Nc1cc([N+](=O)[O-])ccc1F. The summed E-state index contributed by atoms with van der Waals surface area (Å²) in [6, 6.07) is 12.8. The van der Waals surface area contributed by atoms with Crippen LogP contribution in [0.5, 0.6) is 0 Å². The molecule has 0 aliphatic carbocycles. The van der Waals surface area contributed by atoms with Gasteiger partial charge in [0.1, 0.15) is 5.82 Å². The zero-order chi connectivity index (χ0) is 15.9. The van der Waals surface area contributed by atoms with Crippen LogP contribution in [0.25, 0.3) is 0 Å². The molecule has 0 spiro atoms. The summed E-state index contributed by atoms with van der Waals surface area (Å²) in [6.07, 6.45) is 1.58. The number of carbonyl (C=O) groups excluding carboxylic acids is 1. The van der Waals surface area contributed by atoms with Crippen molar-refractivity contribution in [2.24, 2.45) is 0 Å². The minimum Gasteiger partial charge on any atom is -0.323 e. The molecule has 0 fully saturated rings. The van der Waals surface area contributed by atoms with Crippen molar-refractivity contribution >= 4 is 17.3 Å². The number of hydrogen-bond donors (Lipinski definition) is 1. The first-order chi connectivity index (χ1) is 10.6. The lowest BCUT2D eigenvalue weighted by atomic mass is 10.1. The normalized spacial score (nSPS) is 10.2. The summed E-state index contributed by atoms with van der Waals surface area (Å²) in [7, 11) is 0. The van der Waals surface area contributed by atoms with E-state index in [1.165, 1.54) is 0 Å². The monoisotopic (exact) mass is 302 g/mol. The molecule has 0 aliphatic rings. The second-order valence-electron chi connectivity index (χ2n) is 4.81. The second kappa shape index (κ2) is 7.31. The van der Waals surface area contributed by atoms with E-state index >= 15 is 0 Å². The van der Waals surface area contributed by atoms with Gasteiger partial charge in [-0.05, 0) is 24.5 Å². The first kappa shape index (κ1) is 15.6. The molecule has 0 atom stereocenters. The van der Waals surface area contributed by atoms with E-state index < -0.39 is 10.7 Å². The summed E-state index contributed by atoms with van der Waals surface area (Å²) in [5, 5.41) is 13.0. The van der Waals surface area contributed by atoms with Crippen molar-refractivity contribution < 1.29 is 14.1 Å². The van der Waals surface area contributed by atoms with Crippen LogP contribution in [-0.2, 0) is 11.2 Å². The third-order valence-electron chi connectivity index (χ3n) is 3.15. The lowest BCUT2D eigenvalue weighted by molar-refractivity contribution is -0.384. The van der Waals surface area contributed by atoms with Gasteiger partial charge in [-0.25, -0.2) is 4.39 Å². The largest absolute Gasteiger partial charge is 0.323 e. The number of anilines is 1. The highest BCUT2D eigenvalue weighted by molar-refractivity contribution is 5.91. The van der Waals surface area contributed by atoms with Crippen molar-refractivity contribution in [1.29, 1.82) is 0 Å². The van der Waals surface area contributed by atoms with Gasteiger partial charge < -0.3 is 5.32 Å². The molecular weight excluding hydrogens is 287 g/mol. The first-order valence-corrected chi connectivity index (χ1v) is 6.84. The fourth-order valence-corrected chi connectivity index (χ4v) is 2.03. The van der Waals surface area contributed by atoms with Gasteiger partial charge >= 0.3 is 0 Å². The number of amides is 1. The average Bonchev–Trinajstić information content (AvgIpc) is 2.50. The standard InChI is InChI=1S/C16H15FN2O3/c17-14-10-9-13(19(21)22)11-15(14)18-16(20)8-4-7-12-5-2-1-3-6-12/h1-3,5-6,9-11H,4,7-8H2,(H,18,20). The third kappa shape index (κ3) is 4.37. The number of nitro benzene ring substituents is 1. The Balaban J connectivity index is 1.89. The van der Waals surface area contributed by atoms with Gasteiger partial charge in [-0.2, -0.15) is 0 Å². The topological polar surface area (TPSA) is 72.2 Å². The van der Waals surface area contributed by atoms with Crippen molar-refractivity contribution in [3.63, 3.8) is 0 Å². The van der Waals surface area contributed by atoms with E-state index in [0.29, 0.717) is 6.42 Å². The summed E-state index contributed by atoms with van der Waals surface area (Å²) >= 11 is 0. The number of halogens is 1. The number of hydrogen-bond acceptors (Lipinski definition) is 3. The summed E-state index contributed by atoms with van der Waals surface area (Å²) in [4.78, 5) is 21.8. The molecular formula is C16H15FN2O3. The van der Waals surface area contributed by atoms with Gasteiger partial charge in [0.05, 0.1) is 10.6 Å². The number of carbonyl (C=O) groups is 1. The highest BCUT2D eigenvalue weighted by Crippen LogP contribution is 2.21. The Morgan fingerprint density at radius 1 is 1.18 bits per heavy atom. The fourth-order valence-electron chi connectivity index (χ4n) is 2.03. The summed E-state index contributed by atoms with van der Waals surface area (Å²) in [5.41, 5.74) is 0.691. The van der Waals surface area contributed by atoms with Gasteiger partial charge in [-0.3, -0.25) is 14.9 Å². The molecule has 114 valence electrons. The smallest absolute Gasteiger partial charge is 0.271 e. The molecule has 2 rings (SSSR count). The Morgan fingerprint density at radius 3 is 2.59 bits per heavy atom. The van der Waals surface area contributed by atoms with Crippen LogP contribution in [0.4, 0.5) is 15.8 Å². The van der Waals surface area contributed by atoms with E-state index in [-0.39, 0.29) is 23.7 Å². The van der Waals surface area contributed by atoms with Crippen LogP contribution < -0.4 is 5.32 Å². The zero-order valence-corrected chi connectivity index (χ0v) is 11.8. The molecule has 2 aromatic rings. The van der Waals surface area contributed by atoms with Crippen LogP contribution in [0.15, 0.2) is 48.5 Å². The number of aryl methyl sites for hydroxylation is 1. The maximum atomic E-state index is 13.5. The van der Waals surface area contributed by atoms with Gasteiger partial charge in [-0.15, -0.1) is 0 Å². The van der Waals surface area contributed by atoms with Crippen molar-refractivity contribution in [3.8, 4) is 0 Å². The van der Waals surface area contributed by atoms with Gasteiger partial charge in [0.25, 0.3) is 5.69 Å². The maximum Gasteiger partial charge on any atom is 0.271 e. The highest BCUT2D eigenvalue weighted by Gasteiger charge is 2.12. The lowest BCUT2D eigenvalue weighted by Crippen LogP contribution is -2.13. The molecule has 0 unspecified atom stereocenters. The second-order valence-corrected chi connectivity index (χ2v) is 4.81. The van der Waals surface area contributed by atoms with E-state index in [4.69, 9.17) is 0 Å². The van der Waals surface area contributed by atoms with Crippen LogP contribution in [-0.4, -0.2) is 10.8 Å². The lowest BCUT2D eigenvalue weighted by Gasteiger charge is -2.06. The predicted octanol–water partition coefficient (Wildman–Crippen LogP) is 3.70. The van der Waals surface area contributed by atoms with E-state index in [9.17, 15) is 19.3 Å². The number of nitrogens with one attached hydrogen (secondary N) is 1.